The van der Waals surface area contributed by atoms with Gasteiger partial charge in [0, 0.05) is 0 Å². The third kappa shape index (κ3) is 4.30. The highest BCUT2D eigenvalue weighted by Gasteiger charge is 2.14. The van der Waals surface area contributed by atoms with Gasteiger partial charge in [-0.15, -0.1) is 0 Å². The van der Waals surface area contributed by atoms with Crippen molar-refractivity contribution in [2.45, 2.75) is 6.92 Å². The van der Waals surface area contributed by atoms with Crippen LogP contribution in [0.4, 0.5) is 5.69 Å². The van der Waals surface area contributed by atoms with Crippen LogP contribution >= 0.6 is 0 Å². The molecule has 26 heavy (non-hydrogen) atoms. The number of furan rings is 1. The van der Waals surface area contributed by atoms with Gasteiger partial charge in [-0.25, -0.2) is 4.79 Å². The van der Waals surface area contributed by atoms with Gasteiger partial charge in [-0.05, 0) is 60.5 Å². The van der Waals surface area contributed by atoms with Gasteiger partial charge in [0.2, 0.25) is 5.76 Å². The molecule has 6 heteroatoms. The number of nitrogens with zero attached hydrogens (tertiary/aromatic N) is 1. The number of esters is 1. The van der Waals surface area contributed by atoms with E-state index in [1.54, 1.807) is 30.5 Å². The standard InChI is InChI=1S/C20H18N2O4/c1-14-5-3-6-16(11-14)22-21-13-15-8-9-17(19(12-15)24-2)26-20(23)18-7-4-10-25-18/h3-13,22H,1-2H3/b21-13-. The zero-order chi connectivity index (χ0) is 18.4. The lowest BCUT2D eigenvalue weighted by molar-refractivity contribution is 0.0696. The van der Waals surface area contributed by atoms with E-state index in [1.807, 2.05) is 31.2 Å². The van der Waals surface area contributed by atoms with Crippen LogP contribution in [0.2, 0.25) is 0 Å². The highest BCUT2D eigenvalue weighted by molar-refractivity contribution is 5.89. The molecule has 0 saturated heterocycles. The molecule has 132 valence electrons. The zero-order valence-electron chi connectivity index (χ0n) is 14.4. The second kappa shape index (κ2) is 8.02. The molecule has 0 atom stereocenters. The maximum Gasteiger partial charge on any atom is 0.379 e. The zero-order valence-corrected chi connectivity index (χ0v) is 14.4. The van der Waals surface area contributed by atoms with Gasteiger partial charge in [-0.1, -0.05) is 12.1 Å². The van der Waals surface area contributed by atoms with Crippen molar-refractivity contribution >= 4 is 17.9 Å². The van der Waals surface area contributed by atoms with Crippen LogP contribution in [0.3, 0.4) is 0 Å². The summed E-state index contributed by atoms with van der Waals surface area (Å²) in [5, 5.41) is 4.21. The van der Waals surface area contributed by atoms with Crippen molar-refractivity contribution in [3.63, 3.8) is 0 Å². The van der Waals surface area contributed by atoms with Gasteiger partial charge in [0.05, 0.1) is 25.3 Å². The molecule has 0 unspecified atom stereocenters. The minimum Gasteiger partial charge on any atom is -0.493 e. The Bertz CT molecular complexity index is 917. The summed E-state index contributed by atoms with van der Waals surface area (Å²) in [6, 6.07) is 16.2. The van der Waals surface area contributed by atoms with E-state index in [1.165, 1.54) is 19.4 Å². The van der Waals surface area contributed by atoms with Crippen molar-refractivity contribution in [2.75, 3.05) is 12.5 Å². The normalized spacial score (nSPS) is 10.7. The predicted molar refractivity (Wildman–Crippen MR) is 99.1 cm³/mol. The van der Waals surface area contributed by atoms with E-state index in [9.17, 15) is 4.79 Å². The van der Waals surface area contributed by atoms with E-state index in [0.717, 1.165) is 16.8 Å². The van der Waals surface area contributed by atoms with E-state index < -0.39 is 5.97 Å². The van der Waals surface area contributed by atoms with Gasteiger partial charge < -0.3 is 13.9 Å². The van der Waals surface area contributed by atoms with Crippen LogP contribution in [-0.4, -0.2) is 19.3 Å². The average Bonchev–Trinajstić information content (AvgIpc) is 3.18. The Kier molecular flexibility index (Phi) is 5.34. The van der Waals surface area contributed by atoms with E-state index in [2.05, 4.69) is 10.5 Å². The summed E-state index contributed by atoms with van der Waals surface area (Å²) >= 11 is 0. The fourth-order valence-corrected chi connectivity index (χ4v) is 2.29. The van der Waals surface area contributed by atoms with Crippen LogP contribution in [0.5, 0.6) is 11.5 Å². The average molecular weight is 350 g/mol. The van der Waals surface area contributed by atoms with Gasteiger partial charge in [0.1, 0.15) is 0 Å². The van der Waals surface area contributed by atoms with Crippen molar-refractivity contribution in [2.24, 2.45) is 5.10 Å². The molecule has 0 aliphatic rings. The number of anilines is 1. The number of aryl methyl sites for hydroxylation is 1. The van der Waals surface area contributed by atoms with Crippen LogP contribution in [-0.2, 0) is 0 Å². The van der Waals surface area contributed by atoms with Gasteiger partial charge in [0.15, 0.2) is 11.5 Å². The van der Waals surface area contributed by atoms with Gasteiger partial charge >= 0.3 is 5.97 Å². The first-order valence-corrected chi connectivity index (χ1v) is 7.95. The topological polar surface area (TPSA) is 73.1 Å². The minimum atomic E-state index is -0.587. The lowest BCUT2D eigenvalue weighted by Crippen LogP contribution is -2.08. The Morgan fingerprint density at radius 1 is 1.12 bits per heavy atom. The van der Waals surface area contributed by atoms with E-state index >= 15 is 0 Å². The number of ether oxygens (including phenoxy) is 2. The van der Waals surface area contributed by atoms with Crippen molar-refractivity contribution in [1.29, 1.82) is 0 Å². The molecular formula is C20H18N2O4. The lowest BCUT2D eigenvalue weighted by atomic mass is 10.2. The molecule has 3 rings (SSSR count). The maximum absolute atomic E-state index is 12.0. The number of hydrazone groups is 1. The molecular weight excluding hydrogens is 332 g/mol. The molecule has 0 bridgehead atoms. The Morgan fingerprint density at radius 3 is 2.73 bits per heavy atom. The minimum absolute atomic E-state index is 0.125. The van der Waals surface area contributed by atoms with Crippen LogP contribution in [0.1, 0.15) is 21.7 Å². The number of rotatable bonds is 6. The monoisotopic (exact) mass is 350 g/mol. The molecule has 0 aliphatic heterocycles. The quantitative estimate of drug-likeness (QED) is 0.311. The fourth-order valence-electron chi connectivity index (χ4n) is 2.29. The van der Waals surface area contributed by atoms with Gasteiger partial charge in [-0.2, -0.15) is 5.10 Å². The molecule has 0 saturated carbocycles. The van der Waals surface area contributed by atoms with E-state index in [-0.39, 0.29) is 5.76 Å². The third-order valence-electron chi connectivity index (χ3n) is 3.54. The molecule has 0 fully saturated rings. The number of benzene rings is 2. The molecule has 0 spiro atoms. The van der Waals surface area contributed by atoms with Crippen molar-refractivity contribution < 1.29 is 18.7 Å². The smallest absolute Gasteiger partial charge is 0.379 e. The highest BCUT2D eigenvalue weighted by Crippen LogP contribution is 2.28. The first-order valence-electron chi connectivity index (χ1n) is 7.95. The van der Waals surface area contributed by atoms with Gasteiger partial charge in [-0.3, -0.25) is 5.43 Å². The maximum atomic E-state index is 12.0. The summed E-state index contributed by atoms with van der Waals surface area (Å²) in [5.41, 5.74) is 5.81. The molecule has 2 aromatic carbocycles. The van der Waals surface area contributed by atoms with Crippen LogP contribution < -0.4 is 14.9 Å². The summed E-state index contributed by atoms with van der Waals surface area (Å²) in [5.74, 6) is 0.262. The predicted octanol–water partition coefficient (Wildman–Crippen LogP) is 4.26. The van der Waals surface area contributed by atoms with Crippen molar-refractivity contribution in [3.8, 4) is 11.5 Å². The molecule has 6 nitrogen and oxygen atoms in total. The number of methoxy groups -OCH3 is 1. The summed E-state index contributed by atoms with van der Waals surface area (Å²) in [4.78, 5) is 12.0. The molecule has 3 aromatic rings. The number of hydrogen-bond acceptors (Lipinski definition) is 6. The Labute approximate surface area is 151 Å². The summed E-state index contributed by atoms with van der Waals surface area (Å²) < 4.78 is 15.6. The third-order valence-corrected chi connectivity index (χ3v) is 3.54. The van der Waals surface area contributed by atoms with Crippen LogP contribution in [0.25, 0.3) is 0 Å². The Hall–Kier alpha value is -3.54. The molecule has 1 aromatic heterocycles. The molecule has 0 aliphatic carbocycles. The number of carbonyl (C=O) groups excluding carboxylic acids is 1. The van der Waals surface area contributed by atoms with Crippen LogP contribution in [0.15, 0.2) is 70.4 Å². The largest absolute Gasteiger partial charge is 0.493 e. The molecule has 0 radical (unpaired) electrons. The first-order chi connectivity index (χ1) is 12.7. The SMILES string of the molecule is COc1cc(/C=N\Nc2cccc(C)c2)ccc1OC(=O)c1ccco1. The molecule has 1 N–H and O–H groups in total. The molecule has 1 heterocycles. The van der Waals surface area contributed by atoms with Crippen LogP contribution in [0, 0.1) is 6.92 Å². The Balaban J connectivity index is 1.70. The molecule has 0 amide bonds. The number of hydrogen-bond donors (Lipinski definition) is 1. The van der Waals surface area contributed by atoms with Crippen molar-refractivity contribution in [1.82, 2.24) is 0 Å². The summed E-state index contributed by atoms with van der Waals surface area (Å²) in [6.45, 7) is 2.02. The summed E-state index contributed by atoms with van der Waals surface area (Å²) in [7, 11) is 1.51. The number of nitrogens with one attached hydrogen (secondary N) is 1. The van der Waals surface area contributed by atoms with E-state index in [0.29, 0.717) is 11.5 Å². The fraction of sp³-hybridized carbons (Fsp3) is 0.100. The highest BCUT2D eigenvalue weighted by atomic mass is 16.6. The summed E-state index contributed by atoms with van der Waals surface area (Å²) in [6.07, 6.45) is 3.07. The number of carbonyl (C=O) groups is 1. The first kappa shape index (κ1) is 17.3. The van der Waals surface area contributed by atoms with Crippen molar-refractivity contribution in [3.05, 3.63) is 77.7 Å². The second-order valence-corrected chi connectivity index (χ2v) is 5.52. The second-order valence-electron chi connectivity index (χ2n) is 5.52. The van der Waals surface area contributed by atoms with E-state index in [4.69, 9.17) is 13.9 Å². The Morgan fingerprint density at radius 2 is 2.00 bits per heavy atom. The van der Waals surface area contributed by atoms with Gasteiger partial charge in [0.25, 0.3) is 0 Å². The lowest BCUT2D eigenvalue weighted by Gasteiger charge is -2.09.